The van der Waals surface area contributed by atoms with Crippen molar-refractivity contribution in [2.45, 2.75) is 32.0 Å². The second-order valence-electron chi connectivity index (χ2n) is 5.65. The lowest BCUT2D eigenvalue weighted by Crippen LogP contribution is -2.23. The Balaban J connectivity index is 1.62. The van der Waals surface area contributed by atoms with Crippen LogP contribution in [0, 0.1) is 0 Å². The Labute approximate surface area is 135 Å². The number of rotatable bonds is 4. The number of aryl methyl sites for hydroxylation is 1. The number of fused-ring (bicyclic) bond motifs is 1. The van der Waals surface area contributed by atoms with E-state index in [1.54, 1.807) is 6.07 Å². The summed E-state index contributed by atoms with van der Waals surface area (Å²) in [5.74, 6) is -0.371. The highest BCUT2D eigenvalue weighted by molar-refractivity contribution is 6.30. The summed E-state index contributed by atoms with van der Waals surface area (Å²) in [6.45, 7) is 0.594. The standard InChI is InChI=1S/C18H18ClNO2/c19-16-6-1-12(2-7-16)11-22-17-8-5-13-9-15(18(20)21)4-3-14(13)10-17/h1-4,6-7,9,17H,5,8,10-11H2,(H2,20,21). The molecule has 3 nitrogen and oxygen atoms in total. The molecule has 2 aromatic carbocycles. The van der Waals surface area contributed by atoms with Gasteiger partial charge in [0, 0.05) is 10.6 Å². The van der Waals surface area contributed by atoms with Crippen molar-refractivity contribution >= 4 is 17.5 Å². The first-order valence-electron chi connectivity index (χ1n) is 7.39. The van der Waals surface area contributed by atoms with Crippen molar-refractivity contribution in [1.29, 1.82) is 0 Å². The summed E-state index contributed by atoms with van der Waals surface area (Å²) in [6.07, 6.45) is 2.97. The lowest BCUT2D eigenvalue weighted by Gasteiger charge is -2.25. The minimum Gasteiger partial charge on any atom is -0.373 e. The normalized spacial score (nSPS) is 17.0. The third-order valence-corrected chi connectivity index (χ3v) is 4.32. The molecule has 2 N–H and O–H groups in total. The summed E-state index contributed by atoms with van der Waals surface area (Å²) >= 11 is 5.88. The highest BCUT2D eigenvalue weighted by atomic mass is 35.5. The summed E-state index contributed by atoms with van der Waals surface area (Å²) in [4.78, 5) is 11.2. The Bertz CT molecular complexity index is 682. The highest BCUT2D eigenvalue weighted by Crippen LogP contribution is 2.25. The number of benzene rings is 2. The van der Waals surface area contributed by atoms with E-state index >= 15 is 0 Å². The Morgan fingerprint density at radius 2 is 1.95 bits per heavy atom. The van der Waals surface area contributed by atoms with Crippen molar-refractivity contribution in [3.05, 3.63) is 69.7 Å². The first-order valence-corrected chi connectivity index (χ1v) is 7.77. The molecule has 2 aromatic rings. The Morgan fingerprint density at radius 3 is 2.68 bits per heavy atom. The molecule has 1 unspecified atom stereocenters. The Hall–Kier alpha value is -1.84. The van der Waals surface area contributed by atoms with Crippen molar-refractivity contribution in [1.82, 2.24) is 0 Å². The van der Waals surface area contributed by atoms with Gasteiger partial charge in [-0.2, -0.15) is 0 Å². The SMILES string of the molecule is NC(=O)c1ccc2c(c1)CCC(OCc1ccc(Cl)cc1)C2. The number of amides is 1. The number of halogens is 1. The van der Waals surface area contributed by atoms with Gasteiger partial charge in [0.15, 0.2) is 0 Å². The third-order valence-electron chi connectivity index (χ3n) is 4.07. The maximum atomic E-state index is 11.2. The number of hydrogen-bond acceptors (Lipinski definition) is 2. The zero-order valence-corrected chi connectivity index (χ0v) is 13.0. The summed E-state index contributed by atoms with van der Waals surface area (Å²) in [5, 5.41) is 0.737. The van der Waals surface area contributed by atoms with E-state index in [4.69, 9.17) is 22.1 Å². The van der Waals surface area contributed by atoms with Gasteiger partial charge in [0.05, 0.1) is 12.7 Å². The van der Waals surface area contributed by atoms with Gasteiger partial charge in [-0.1, -0.05) is 29.8 Å². The molecule has 22 heavy (non-hydrogen) atoms. The molecule has 0 saturated carbocycles. The number of hydrogen-bond donors (Lipinski definition) is 1. The molecule has 0 bridgehead atoms. The molecule has 0 fully saturated rings. The fourth-order valence-corrected chi connectivity index (χ4v) is 2.94. The van der Waals surface area contributed by atoms with Crippen molar-refractivity contribution in [3.8, 4) is 0 Å². The third kappa shape index (κ3) is 3.49. The van der Waals surface area contributed by atoms with Gasteiger partial charge in [-0.15, -0.1) is 0 Å². The molecule has 0 heterocycles. The molecule has 0 radical (unpaired) electrons. The summed E-state index contributed by atoms with van der Waals surface area (Å²) in [6, 6.07) is 13.4. The largest absolute Gasteiger partial charge is 0.373 e. The average molecular weight is 316 g/mol. The maximum Gasteiger partial charge on any atom is 0.248 e. The molecular formula is C18H18ClNO2. The van der Waals surface area contributed by atoms with Crippen molar-refractivity contribution in [3.63, 3.8) is 0 Å². The number of carbonyl (C=O) groups excluding carboxylic acids is 1. The van der Waals surface area contributed by atoms with Gasteiger partial charge in [0.2, 0.25) is 5.91 Å². The summed E-state index contributed by atoms with van der Waals surface area (Å²) < 4.78 is 6.01. The average Bonchev–Trinajstić information content (AvgIpc) is 2.53. The molecule has 3 rings (SSSR count). The van der Waals surface area contributed by atoms with E-state index in [1.807, 2.05) is 36.4 Å². The molecule has 1 aliphatic rings. The predicted molar refractivity (Wildman–Crippen MR) is 87.0 cm³/mol. The number of carbonyl (C=O) groups is 1. The molecule has 0 saturated heterocycles. The van der Waals surface area contributed by atoms with Gasteiger partial charge in [0.25, 0.3) is 0 Å². The van der Waals surface area contributed by atoms with Crippen LogP contribution in [0.15, 0.2) is 42.5 Å². The van der Waals surface area contributed by atoms with Crippen LogP contribution >= 0.6 is 11.6 Å². The zero-order chi connectivity index (χ0) is 15.5. The van der Waals surface area contributed by atoms with E-state index in [-0.39, 0.29) is 12.0 Å². The second kappa shape index (κ2) is 6.51. The van der Waals surface area contributed by atoms with Crippen LogP contribution in [0.4, 0.5) is 0 Å². The molecule has 1 amide bonds. The summed E-state index contributed by atoms with van der Waals surface area (Å²) in [7, 11) is 0. The van der Waals surface area contributed by atoms with Gasteiger partial charge in [-0.3, -0.25) is 4.79 Å². The van der Waals surface area contributed by atoms with E-state index in [2.05, 4.69) is 0 Å². The van der Waals surface area contributed by atoms with E-state index in [1.165, 1.54) is 11.1 Å². The van der Waals surface area contributed by atoms with Crippen LogP contribution in [-0.2, 0) is 24.2 Å². The van der Waals surface area contributed by atoms with E-state index in [0.717, 1.165) is 29.8 Å². The minimum absolute atomic E-state index is 0.211. The monoisotopic (exact) mass is 315 g/mol. The van der Waals surface area contributed by atoms with Crippen LogP contribution in [0.3, 0.4) is 0 Å². The first kappa shape index (κ1) is 15.1. The van der Waals surface area contributed by atoms with Gasteiger partial charge in [-0.25, -0.2) is 0 Å². The minimum atomic E-state index is -0.371. The first-order chi connectivity index (χ1) is 10.6. The molecule has 114 valence electrons. The van der Waals surface area contributed by atoms with Gasteiger partial charge < -0.3 is 10.5 Å². The zero-order valence-electron chi connectivity index (χ0n) is 12.2. The lowest BCUT2D eigenvalue weighted by molar-refractivity contribution is 0.0319. The smallest absolute Gasteiger partial charge is 0.248 e. The van der Waals surface area contributed by atoms with Gasteiger partial charge in [0.1, 0.15) is 0 Å². The van der Waals surface area contributed by atoms with Crippen LogP contribution in [0.2, 0.25) is 5.02 Å². The predicted octanol–water partition coefficient (Wildman–Crippen LogP) is 3.51. The van der Waals surface area contributed by atoms with Crippen LogP contribution < -0.4 is 5.73 Å². The fourth-order valence-electron chi connectivity index (χ4n) is 2.81. The Morgan fingerprint density at radius 1 is 1.18 bits per heavy atom. The maximum absolute atomic E-state index is 11.2. The van der Waals surface area contributed by atoms with Crippen LogP contribution in [0.25, 0.3) is 0 Å². The molecule has 0 aromatic heterocycles. The van der Waals surface area contributed by atoms with Gasteiger partial charge in [-0.05, 0) is 60.2 Å². The fraction of sp³-hybridized carbons (Fsp3) is 0.278. The number of primary amides is 1. The van der Waals surface area contributed by atoms with E-state index in [0.29, 0.717) is 12.2 Å². The molecule has 0 spiro atoms. The molecule has 1 atom stereocenters. The van der Waals surface area contributed by atoms with Crippen LogP contribution in [-0.4, -0.2) is 12.0 Å². The Kier molecular flexibility index (Phi) is 4.46. The van der Waals surface area contributed by atoms with Crippen molar-refractivity contribution in [2.24, 2.45) is 5.73 Å². The van der Waals surface area contributed by atoms with E-state index < -0.39 is 0 Å². The van der Waals surface area contributed by atoms with Gasteiger partial charge >= 0.3 is 0 Å². The molecule has 4 heteroatoms. The van der Waals surface area contributed by atoms with Crippen LogP contribution in [0.5, 0.6) is 0 Å². The van der Waals surface area contributed by atoms with Crippen molar-refractivity contribution < 1.29 is 9.53 Å². The molecular weight excluding hydrogens is 298 g/mol. The number of nitrogens with two attached hydrogens (primary N) is 1. The van der Waals surface area contributed by atoms with E-state index in [9.17, 15) is 4.79 Å². The quantitative estimate of drug-likeness (QED) is 0.938. The molecule has 0 aliphatic heterocycles. The highest BCUT2D eigenvalue weighted by Gasteiger charge is 2.20. The summed E-state index contributed by atoms with van der Waals surface area (Å²) in [5.41, 5.74) is 9.49. The lowest BCUT2D eigenvalue weighted by atomic mass is 9.88. The molecule has 1 aliphatic carbocycles. The second-order valence-corrected chi connectivity index (χ2v) is 6.09. The topological polar surface area (TPSA) is 52.3 Å². The van der Waals surface area contributed by atoms with Crippen molar-refractivity contribution in [2.75, 3.05) is 0 Å². The van der Waals surface area contributed by atoms with Crippen LogP contribution in [0.1, 0.15) is 33.5 Å². The number of ether oxygens (including phenoxy) is 1.